The number of esters is 1. The van der Waals surface area contributed by atoms with Crippen molar-refractivity contribution in [2.75, 3.05) is 7.11 Å². The number of methoxy groups -OCH3 is 1. The van der Waals surface area contributed by atoms with E-state index in [0.717, 1.165) is 0 Å². The summed E-state index contributed by atoms with van der Waals surface area (Å²) >= 11 is 0. The first-order valence-electron chi connectivity index (χ1n) is 5.35. The van der Waals surface area contributed by atoms with E-state index in [9.17, 15) is 9.90 Å². The summed E-state index contributed by atoms with van der Waals surface area (Å²) in [7, 11) is 1.26. The van der Waals surface area contributed by atoms with Gasteiger partial charge in [0, 0.05) is 6.07 Å². The van der Waals surface area contributed by atoms with Gasteiger partial charge in [-0.2, -0.15) is 0 Å². The summed E-state index contributed by atoms with van der Waals surface area (Å²) in [5, 5.41) is 9.69. The summed E-state index contributed by atoms with van der Waals surface area (Å²) < 4.78 is 10.1. The van der Waals surface area contributed by atoms with E-state index in [-0.39, 0.29) is 11.3 Å². The number of ether oxygens (including phenoxy) is 2. The monoisotopic (exact) mass is 244 g/mol. The van der Waals surface area contributed by atoms with Crippen molar-refractivity contribution in [2.45, 2.75) is 0 Å². The number of rotatable bonds is 3. The Hall–Kier alpha value is -2.49. The SMILES string of the molecule is COC(=O)c1ccc(Oc2ccccc2)cc1O. The zero-order valence-corrected chi connectivity index (χ0v) is 9.79. The topological polar surface area (TPSA) is 55.8 Å². The molecule has 0 aliphatic heterocycles. The molecule has 1 N–H and O–H groups in total. The third-order valence-corrected chi connectivity index (χ3v) is 2.35. The molecule has 0 aromatic heterocycles. The number of para-hydroxylation sites is 1. The second-order valence-corrected chi connectivity index (χ2v) is 3.59. The van der Waals surface area contributed by atoms with Crippen molar-refractivity contribution < 1.29 is 19.4 Å². The predicted molar refractivity (Wildman–Crippen MR) is 66.0 cm³/mol. The summed E-state index contributed by atoms with van der Waals surface area (Å²) in [4.78, 5) is 11.3. The minimum absolute atomic E-state index is 0.109. The summed E-state index contributed by atoms with van der Waals surface area (Å²) in [6.45, 7) is 0. The Morgan fingerprint density at radius 1 is 1.06 bits per heavy atom. The fourth-order valence-corrected chi connectivity index (χ4v) is 1.48. The van der Waals surface area contributed by atoms with Crippen LogP contribution in [-0.4, -0.2) is 18.2 Å². The third kappa shape index (κ3) is 2.60. The Morgan fingerprint density at radius 3 is 2.39 bits per heavy atom. The van der Waals surface area contributed by atoms with Gasteiger partial charge in [0.1, 0.15) is 22.8 Å². The summed E-state index contributed by atoms with van der Waals surface area (Å²) in [6.07, 6.45) is 0. The second-order valence-electron chi connectivity index (χ2n) is 3.59. The molecule has 18 heavy (non-hydrogen) atoms. The Balaban J connectivity index is 2.22. The van der Waals surface area contributed by atoms with Crippen LogP contribution in [0.25, 0.3) is 0 Å². The van der Waals surface area contributed by atoms with E-state index in [1.165, 1.54) is 19.2 Å². The van der Waals surface area contributed by atoms with Crippen molar-refractivity contribution in [1.82, 2.24) is 0 Å². The summed E-state index contributed by atoms with van der Waals surface area (Å²) in [5.74, 6) is 0.350. The Bertz CT molecular complexity index is 549. The molecular formula is C14H12O4. The summed E-state index contributed by atoms with van der Waals surface area (Å²) in [6, 6.07) is 13.6. The first-order valence-corrected chi connectivity index (χ1v) is 5.35. The van der Waals surface area contributed by atoms with E-state index in [2.05, 4.69) is 4.74 Å². The molecule has 0 bridgehead atoms. The van der Waals surface area contributed by atoms with Crippen LogP contribution in [0.15, 0.2) is 48.5 Å². The molecule has 0 heterocycles. The molecule has 0 aliphatic carbocycles. The maximum Gasteiger partial charge on any atom is 0.341 e. The molecule has 4 nitrogen and oxygen atoms in total. The van der Waals surface area contributed by atoms with Crippen molar-refractivity contribution in [2.24, 2.45) is 0 Å². The highest BCUT2D eigenvalue weighted by molar-refractivity contribution is 5.92. The number of phenolic OH excluding ortho intramolecular Hbond substituents is 1. The molecule has 0 aliphatic rings. The van der Waals surface area contributed by atoms with Gasteiger partial charge in [0.15, 0.2) is 0 Å². The number of phenols is 1. The van der Waals surface area contributed by atoms with E-state index >= 15 is 0 Å². The van der Waals surface area contributed by atoms with E-state index in [1.54, 1.807) is 18.2 Å². The maximum absolute atomic E-state index is 11.3. The fourth-order valence-electron chi connectivity index (χ4n) is 1.48. The van der Waals surface area contributed by atoms with Gasteiger partial charge in [0.2, 0.25) is 0 Å². The number of aromatic hydroxyl groups is 1. The van der Waals surface area contributed by atoms with Crippen molar-refractivity contribution in [3.63, 3.8) is 0 Å². The predicted octanol–water partition coefficient (Wildman–Crippen LogP) is 2.97. The van der Waals surface area contributed by atoms with Crippen LogP contribution in [0.5, 0.6) is 17.2 Å². The smallest absolute Gasteiger partial charge is 0.341 e. The van der Waals surface area contributed by atoms with Gasteiger partial charge in [-0.25, -0.2) is 4.79 Å². The molecule has 2 rings (SSSR count). The summed E-state index contributed by atoms with van der Waals surface area (Å²) in [5.41, 5.74) is 0.109. The fraction of sp³-hybridized carbons (Fsp3) is 0.0714. The van der Waals surface area contributed by atoms with E-state index < -0.39 is 5.97 Å². The lowest BCUT2D eigenvalue weighted by atomic mass is 10.2. The number of carbonyl (C=O) groups is 1. The van der Waals surface area contributed by atoms with Gasteiger partial charge in [0.25, 0.3) is 0 Å². The van der Waals surface area contributed by atoms with Gasteiger partial charge < -0.3 is 14.6 Å². The molecule has 0 unspecified atom stereocenters. The maximum atomic E-state index is 11.3. The van der Waals surface area contributed by atoms with Gasteiger partial charge in [-0.3, -0.25) is 0 Å². The molecule has 0 fully saturated rings. The van der Waals surface area contributed by atoms with Crippen LogP contribution in [0.4, 0.5) is 0 Å². The van der Waals surface area contributed by atoms with Crippen LogP contribution >= 0.6 is 0 Å². The van der Waals surface area contributed by atoms with E-state index in [1.807, 2.05) is 18.2 Å². The largest absolute Gasteiger partial charge is 0.507 e. The molecule has 4 heteroatoms. The molecule has 0 radical (unpaired) electrons. The van der Waals surface area contributed by atoms with Crippen molar-refractivity contribution in [3.05, 3.63) is 54.1 Å². The lowest BCUT2D eigenvalue weighted by molar-refractivity contribution is 0.0597. The molecule has 0 saturated heterocycles. The highest BCUT2D eigenvalue weighted by Gasteiger charge is 2.12. The Kier molecular flexibility index (Phi) is 3.48. The number of benzene rings is 2. The number of carbonyl (C=O) groups excluding carboxylic acids is 1. The Labute approximate surface area is 104 Å². The van der Waals surface area contributed by atoms with Gasteiger partial charge >= 0.3 is 5.97 Å². The average Bonchev–Trinajstić information content (AvgIpc) is 2.39. The number of hydrogen-bond acceptors (Lipinski definition) is 4. The molecular weight excluding hydrogens is 232 g/mol. The molecule has 0 saturated carbocycles. The van der Waals surface area contributed by atoms with Crippen LogP contribution < -0.4 is 4.74 Å². The first-order chi connectivity index (χ1) is 8.70. The molecule has 0 spiro atoms. The molecule has 2 aromatic carbocycles. The highest BCUT2D eigenvalue weighted by atomic mass is 16.5. The van der Waals surface area contributed by atoms with Gasteiger partial charge in [-0.15, -0.1) is 0 Å². The minimum Gasteiger partial charge on any atom is -0.507 e. The normalized spacial score (nSPS) is 9.83. The zero-order chi connectivity index (χ0) is 13.0. The highest BCUT2D eigenvalue weighted by Crippen LogP contribution is 2.27. The quantitative estimate of drug-likeness (QED) is 0.843. The van der Waals surface area contributed by atoms with Crippen LogP contribution in [0.1, 0.15) is 10.4 Å². The lowest BCUT2D eigenvalue weighted by Gasteiger charge is -2.07. The van der Waals surface area contributed by atoms with Crippen molar-refractivity contribution in [1.29, 1.82) is 0 Å². The zero-order valence-electron chi connectivity index (χ0n) is 9.79. The minimum atomic E-state index is -0.584. The molecule has 2 aromatic rings. The lowest BCUT2D eigenvalue weighted by Crippen LogP contribution is -2.01. The van der Waals surface area contributed by atoms with Crippen molar-refractivity contribution >= 4 is 5.97 Å². The van der Waals surface area contributed by atoms with Gasteiger partial charge in [-0.1, -0.05) is 18.2 Å². The van der Waals surface area contributed by atoms with Crippen LogP contribution in [-0.2, 0) is 4.74 Å². The molecule has 92 valence electrons. The van der Waals surface area contributed by atoms with E-state index in [4.69, 9.17) is 4.74 Å². The van der Waals surface area contributed by atoms with Gasteiger partial charge in [0.05, 0.1) is 7.11 Å². The van der Waals surface area contributed by atoms with Gasteiger partial charge in [-0.05, 0) is 24.3 Å². The van der Waals surface area contributed by atoms with Crippen LogP contribution in [0.2, 0.25) is 0 Å². The number of hydrogen-bond donors (Lipinski definition) is 1. The molecule has 0 atom stereocenters. The average molecular weight is 244 g/mol. The van der Waals surface area contributed by atoms with Crippen LogP contribution in [0.3, 0.4) is 0 Å². The molecule has 0 amide bonds. The van der Waals surface area contributed by atoms with Crippen molar-refractivity contribution in [3.8, 4) is 17.2 Å². The van der Waals surface area contributed by atoms with Crippen LogP contribution in [0, 0.1) is 0 Å². The first kappa shape index (κ1) is 12.0. The third-order valence-electron chi connectivity index (χ3n) is 2.35. The van der Waals surface area contributed by atoms with E-state index in [0.29, 0.717) is 11.5 Å². The second kappa shape index (κ2) is 5.23. The Morgan fingerprint density at radius 2 is 1.78 bits per heavy atom. The standard InChI is InChI=1S/C14H12O4/c1-17-14(16)12-8-7-11(9-13(12)15)18-10-5-3-2-4-6-10/h2-9,15H,1H3.